The third-order valence-corrected chi connectivity index (χ3v) is 3.61. The molecule has 0 atom stereocenters. The lowest BCUT2D eigenvalue weighted by molar-refractivity contribution is 0.0398. The summed E-state index contributed by atoms with van der Waals surface area (Å²) in [5, 5.41) is 6.15. The Kier molecular flexibility index (Phi) is 5.33. The van der Waals surface area contributed by atoms with Crippen LogP contribution in [0, 0.1) is 5.82 Å². The number of aromatic nitrogens is 2. The van der Waals surface area contributed by atoms with Crippen LogP contribution in [-0.2, 0) is 4.74 Å². The van der Waals surface area contributed by atoms with E-state index in [2.05, 4.69) is 25.5 Å². The van der Waals surface area contributed by atoms with E-state index in [0.29, 0.717) is 17.5 Å². The Hall–Kier alpha value is -2.25. The Balaban J connectivity index is 1.53. The van der Waals surface area contributed by atoms with E-state index in [1.54, 1.807) is 30.5 Å². The molecule has 0 bridgehead atoms. The number of anilines is 3. The van der Waals surface area contributed by atoms with Crippen molar-refractivity contribution in [1.29, 1.82) is 0 Å². The molecule has 0 spiro atoms. The molecule has 0 radical (unpaired) electrons. The van der Waals surface area contributed by atoms with Crippen LogP contribution < -0.4 is 10.6 Å². The molecule has 3 rings (SSSR count). The lowest BCUT2D eigenvalue weighted by Crippen LogP contribution is -2.39. The topological polar surface area (TPSA) is 62.3 Å². The van der Waals surface area contributed by atoms with Crippen molar-refractivity contribution in [3.8, 4) is 0 Å². The van der Waals surface area contributed by atoms with Crippen LogP contribution in [0.25, 0.3) is 0 Å². The molecule has 7 heteroatoms. The highest BCUT2D eigenvalue weighted by atomic mass is 19.1. The van der Waals surface area contributed by atoms with Gasteiger partial charge in [0.2, 0.25) is 5.95 Å². The van der Waals surface area contributed by atoms with Crippen molar-refractivity contribution in [3.63, 3.8) is 0 Å². The highest BCUT2D eigenvalue weighted by molar-refractivity contribution is 5.55. The second-order valence-corrected chi connectivity index (χ2v) is 5.25. The number of morpholine rings is 1. The number of rotatable bonds is 6. The first-order valence-electron chi connectivity index (χ1n) is 7.70. The first kappa shape index (κ1) is 15.6. The molecule has 23 heavy (non-hydrogen) atoms. The zero-order valence-electron chi connectivity index (χ0n) is 12.8. The minimum Gasteiger partial charge on any atom is -0.379 e. The Morgan fingerprint density at radius 2 is 2.00 bits per heavy atom. The van der Waals surface area contributed by atoms with Gasteiger partial charge >= 0.3 is 0 Å². The molecule has 2 aromatic rings. The van der Waals surface area contributed by atoms with Gasteiger partial charge in [0.15, 0.2) is 0 Å². The monoisotopic (exact) mass is 317 g/mol. The molecule has 0 unspecified atom stereocenters. The predicted molar refractivity (Wildman–Crippen MR) is 87.5 cm³/mol. The molecular formula is C16H20FN5O. The van der Waals surface area contributed by atoms with Crippen molar-refractivity contribution in [2.75, 3.05) is 50.0 Å². The molecule has 1 fully saturated rings. The fraction of sp³-hybridized carbons (Fsp3) is 0.375. The lowest BCUT2D eigenvalue weighted by Gasteiger charge is -2.26. The standard InChI is InChI=1S/C16H20FN5O/c17-13-3-1-2-4-14(13)20-16-19-6-5-15(21-16)18-7-8-22-9-11-23-12-10-22/h1-6H,7-12H2,(H2,18,19,20,21). The van der Waals surface area contributed by atoms with E-state index in [9.17, 15) is 4.39 Å². The van der Waals surface area contributed by atoms with Crippen LogP contribution in [0.4, 0.5) is 21.8 Å². The first-order valence-corrected chi connectivity index (χ1v) is 7.70. The molecule has 1 aromatic heterocycles. The van der Waals surface area contributed by atoms with E-state index in [-0.39, 0.29) is 5.82 Å². The average molecular weight is 317 g/mol. The maximum absolute atomic E-state index is 13.6. The molecule has 2 N–H and O–H groups in total. The molecule has 122 valence electrons. The molecule has 1 aromatic carbocycles. The molecular weight excluding hydrogens is 297 g/mol. The summed E-state index contributed by atoms with van der Waals surface area (Å²) in [6, 6.07) is 8.25. The summed E-state index contributed by atoms with van der Waals surface area (Å²) in [5.74, 6) is 0.750. The van der Waals surface area contributed by atoms with E-state index < -0.39 is 0 Å². The fourth-order valence-electron chi connectivity index (χ4n) is 2.37. The summed E-state index contributed by atoms with van der Waals surface area (Å²) in [5.41, 5.74) is 0.359. The van der Waals surface area contributed by atoms with E-state index in [1.807, 2.05) is 0 Å². The Labute approximate surface area is 134 Å². The zero-order valence-corrected chi connectivity index (χ0v) is 12.8. The molecule has 2 heterocycles. The number of hydrogen-bond acceptors (Lipinski definition) is 6. The van der Waals surface area contributed by atoms with Crippen molar-refractivity contribution in [2.24, 2.45) is 0 Å². The minimum absolute atomic E-state index is 0.332. The largest absolute Gasteiger partial charge is 0.379 e. The molecule has 0 saturated carbocycles. The van der Waals surface area contributed by atoms with Crippen molar-refractivity contribution in [2.45, 2.75) is 0 Å². The summed E-state index contributed by atoms with van der Waals surface area (Å²) < 4.78 is 19.0. The van der Waals surface area contributed by atoms with E-state index in [4.69, 9.17) is 4.74 Å². The normalized spacial score (nSPS) is 15.3. The molecule has 0 amide bonds. The number of hydrogen-bond donors (Lipinski definition) is 2. The van der Waals surface area contributed by atoms with Gasteiger partial charge in [0, 0.05) is 32.4 Å². The highest BCUT2D eigenvalue weighted by Gasteiger charge is 2.09. The summed E-state index contributed by atoms with van der Waals surface area (Å²) in [4.78, 5) is 10.8. The van der Waals surface area contributed by atoms with E-state index >= 15 is 0 Å². The van der Waals surface area contributed by atoms with Gasteiger partial charge in [-0.3, -0.25) is 4.90 Å². The van der Waals surface area contributed by atoms with Crippen LogP contribution in [0.15, 0.2) is 36.5 Å². The Morgan fingerprint density at radius 3 is 2.83 bits per heavy atom. The Bertz CT molecular complexity index is 633. The summed E-state index contributed by atoms with van der Waals surface area (Å²) in [7, 11) is 0. The first-order chi connectivity index (χ1) is 11.3. The minimum atomic E-state index is -0.332. The molecule has 1 aliphatic heterocycles. The third-order valence-electron chi connectivity index (χ3n) is 3.61. The number of ether oxygens (including phenoxy) is 1. The second kappa shape index (κ2) is 7.85. The van der Waals surface area contributed by atoms with Gasteiger partial charge in [-0.25, -0.2) is 9.37 Å². The quantitative estimate of drug-likeness (QED) is 0.851. The van der Waals surface area contributed by atoms with Crippen molar-refractivity contribution >= 4 is 17.5 Å². The van der Waals surface area contributed by atoms with Crippen molar-refractivity contribution in [3.05, 3.63) is 42.3 Å². The van der Waals surface area contributed by atoms with Gasteiger partial charge in [0.25, 0.3) is 0 Å². The van der Waals surface area contributed by atoms with Crippen molar-refractivity contribution < 1.29 is 9.13 Å². The number of nitrogens with one attached hydrogen (secondary N) is 2. The summed E-state index contributed by atoms with van der Waals surface area (Å²) >= 11 is 0. The van der Waals surface area contributed by atoms with Gasteiger partial charge in [-0.05, 0) is 18.2 Å². The number of halogens is 1. The van der Waals surface area contributed by atoms with Crippen LogP contribution in [0.2, 0.25) is 0 Å². The average Bonchev–Trinajstić information content (AvgIpc) is 2.58. The molecule has 6 nitrogen and oxygen atoms in total. The van der Waals surface area contributed by atoms with Gasteiger partial charge in [0.05, 0.1) is 18.9 Å². The molecule has 1 saturated heterocycles. The zero-order chi connectivity index (χ0) is 15.9. The SMILES string of the molecule is Fc1ccccc1Nc1nccc(NCCN2CCOCC2)n1. The number of nitrogens with zero attached hydrogens (tertiary/aromatic N) is 3. The molecule has 1 aliphatic rings. The summed E-state index contributed by atoms with van der Waals surface area (Å²) in [6.45, 7) is 5.24. The van der Waals surface area contributed by atoms with Gasteiger partial charge in [0.1, 0.15) is 11.6 Å². The summed E-state index contributed by atoms with van der Waals surface area (Å²) in [6.07, 6.45) is 1.65. The van der Waals surface area contributed by atoms with Crippen LogP contribution in [0.1, 0.15) is 0 Å². The van der Waals surface area contributed by atoms with Gasteiger partial charge in [-0.15, -0.1) is 0 Å². The predicted octanol–water partition coefficient (Wildman–Crippen LogP) is 2.10. The van der Waals surface area contributed by atoms with E-state index in [0.717, 1.165) is 39.4 Å². The Morgan fingerprint density at radius 1 is 1.17 bits per heavy atom. The van der Waals surface area contributed by atoms with E-state index in [1.165, 1.54) is 6.07 Å². The smallest absolute Gasteiger partial charge is 0.229 e. The maximum atomic E-state index is 13.6. The lowest BCUT2D eigenvalue weighted by atomic mass is 10.3. The van der Waals surface area contributed by atoms with Crippen LogP contribution in [0.3, 0.4) is 0 Å². The molecule has 0 aliphatic carbocycles. The number of benzene rings is 1. The second-order valence-electron chi connectivity index (χ2n) is 5.25. The van der Waals surface area contributed by atoms with Crippen molar-refractivity contribution in [1.82, 2.24) is 14.9 Å². The van der Waals surface area contributed by atoms with Crippen LogP contribution in [-0.4, -0.2) is 54.3 Å². The van der Waals surface area contributed by atoms with Crippen LogP contribution >= 0.6 is 0 Å². The fourth-order valence-corrected chi connectivity index (χ4v) is 2.37. The van der Waals surface area contributed by atoms with Gasteiger partial charge in [-0.1, -0.05) is 12.1 Å². The van der Waals surface area contributed by atoms with Gasteiger partial charge in [-0.2, -0.15) is 4.98 Å². The van der Waals surface area contributed by atoms with Crippen LogP contribution in [0.5, 0.6) is 0 Å². The number of para-hydroxylation sites is 1. The maximum Gasteiger partial charge on any atom is 0.229 e. The highest BCUT2D eigenvalue weighted by Crippen LogP contribution is 2.17. The third kappa shape index (κ3) is 4.61. The van der Waals surface area contributed by atoms with Gasteiger partial charge < -0.3 is 15.4 Å².